The lowest BCUT2D eigenvalue weighted by Gasteiger charge is -2.12. The molecule has 1 N–H and O–H groups in total. The number of hydrogen-bond donors (Lipinski definition) is 1. The highest BCUT2D eigenvalue weighted by Gasteiger charge is 2.13. The largest absolute Gasteiger partial charge is 0.352 e. The standard InChI is InChI=1S/C14H8Br2ClFN2/c1-7-4-9(15)12(5-10(7)17)20-11-3-2-8(6-19)13(16)14(11)18/h2-5,20H,1H3. The van der Waals surface area contributed by atoms with Crippen molar-refractivity contribution in [2.75, 3.05) is 5.32 Å². The summed E-state index contributed by atoms with van der Waals surface area (Å²) in [6.07, 6.45) is 0. The van der Waals surface area contributed by atoms with Crippen LogP contribution in [0.3, 0.4) is 0 Å². The van der Waals surface area contributed by atoms with E-state index in [4.69, 9.17) is 16.9 Å². The Kier molecular flexibility index (Phi) is 4.69. The molecular weight excluding hydrogens is 410 g/mol. The average molecular weight is 418 g/mol. The van der Waals surface area contributed by atoms with E-state index < -0.39 is 5.82 Å². The van der Waals surface area contributed by atoms with Crippen molar-refractivity contribution in [2.45, 2.75) is 6.92 Å². The number of rotatable bonds is 2. The van der Waals surface area contributed by atoms with Crippen LogP contribution in [0.2, 0.25) is 5.02 Å². The molecule has 6 heteroatoms. The number of aryl methyl sites for hydroxylation is 1. The molecule has 0 bridgehead atoms. The van der Waals surface area contributed by atoms with Gasteiger partial charge in [-0.05, 0) is 68.6 Å². The predicted molar refractivity (Wildman–Crippen MR) is 86.0 cm³/mol. The number of nitriles is 1. The average Bonchev–Trinajstić information content (AvgIpc) is 2.41. The summed E-state index contributed by atoms with van der Waals surface area (Å²) in [5.74, 6) is -0.521. The Balaban J connectivity index is 2.44. The minimum atomic E-state index is -0.521. The molecule has 102 valence electrons. The Morgan fingerprint density at radius 3 is 2.60 bits per heavy atom. The minimum Gasteiger partial charge on any atom is -0.352 e. The van der Waals surface area contributed by atoms with E-state index in [-0.39, 0.29) is 15.7 Å². The fourth-order valence-corrected chi connectivity index (χ4v) is 2.77. The summed E-state index contributed by atoms with van der Waals surface area (Å²) >= 11 is 12.5. The van der Waals surface area contributed by atoms with Crippen molar-refractivity contribution < 1.29 is 4.39 Å². The molecule has 0 aromatic heterocycles. The van der Waals surface area contributed by atoms with Crippen LogP contribution in [0.5, 0.6) is 0 Å². The zero-order valence-electron chi connectivity index (χ0n) is 10.3. The van der Waals surface area contributed by atoms with E-state index in [1.807, 2.05) is 19.1 Å². The van der Waals surface area contributed by atoms with Crippen molar-refractivity contribution in [3.05, 3.63) is 55.2 Å². The van der Waals surface area contributed by atoms with Crippen LogP contribution in [0.25, 0.3) is 0 Å². The van der Waals surface area contributed by atoms with Crippen molar-refractivity contribution in [3.8, 4) is 6.07 Å². The maximum absolute atomic E-state index is 14.1. The maximum atomic E-state index is 14.1. The van der Waals surface area contributed by atoms with Gasteiger partial charge in [0.25, 0.3) is 0 Å². The summed E-state index contributed by atoms with van der Waals surface area (Å²) in [6, 6.07) is 8.53. The van der Waals surface area contributed by atoms with Crippen LogP contribution in [-0.4, -0.2) is 0 Å². The number of halogens is 4. The van der Waals surface area contributed by atoms with Crippen LogP contribution in [0.4, 0.5) is 15.8 Å². The second-order valence-corrected chi connectivity index (χ2v) is 6.16. The van der Waals surface area contributed by atoms with Gasteiger partial charge in [-0.3, -0.25) is 0 Å². The van der Waals surface area contributed by atoms with Crippen molar-refractivity contribution >= 4 is 54.8 Å². The summed E-state index contributed by atoms with van der Waals surface area (Å²) in [6.45, 7) is 1.88. The SMILES string of the molecule is Cc1cc(Br)c(Nc2ccc(C#N)c(Br)c2F)cc1Cl. The van der Waals surface area contributed by atoms with Gasteiger partial charge in [-0.15, -0.1) is 0 Å². The highest BCUT2D eigenvalue weighted by Crippen LogP contribution is 2.34. The molecule has 0 spiro atoms. The molecule has 20 heavy (non-hydrogen) atoms. The normalized spacial score (nSPS) is 10.2. The van der Waals surface area contributed by atoms with Gasteiger partial charge in [0, 0.05) is 9.50 Å². The zero-order valence-corrected chi connectivity index (χ0v) is 14.2. The Labute approximate surface area is 137 Å². The van der Waals surface area contributed by atoms with Crippen LogP contribution in [-0.2, 0) is 0 Å². The van der Waals surface area contributed by atoms with Gasteiger partial charge in [0.05, 0.1) is 21.4 Å². The number of benzene rings is 2. The smallest absolute Gasteiger partial charge is 0.162 e. The van der Waals surface area contributed by atoms with Gasteiger partial charge in [0.15, 0.2) is 5.82 Å². The molecule has 2 nitrogen and oxygen atoms in total. The Morgan fingerprint density at radius 2 is 1.95 bits per heavy atom. The van der Waals surface area contributed by atoms with Gasteiger partial charge < -0.3 is 5.32 Å². The fourth-order valence-electron chi connectivity index (χ4n) is 1.62. The third kappa shape index (κ3) is 2.98. The highest BCUT2D eigenvalue weighted by molar-refractivity contribution is 9.11. The van der Waals surface area contributed by atoms with Crippen molar-refractivity contribution in [1.82, 2.24) is 0 Å². The summed E-state index contributed by atoms with van der Waals surface area (Å²) in [4.78, 5) is 0. The van der Waals surface area contributed by atoms with Gasteiger partial charge in [-0.2, -0.15) is 5.26 Å². The molecule has 0 aliphatic rings. The molecule has 2 rings (SSSR count). The molecule has 0 aliphatic carbocycles. The first-order valence-corrected chi connectivity index (χ1v) is 7.51. The predicted octanol–water partition coefficient (Wildman–Crippen LogP) is 5.93. The van der Waals surface area contributed by atoms with Gasteiger partial charge in [0.1, 0.15) is 6.07 Å². The molecule has 0 saturated carbocycles. The fraction of sp³-hybridized carbons (Fsp3) is 0.0714. The van der Waals surface area contributed by atoms with Crippen LogP contribution in [0.15, 0.2) is 33.2 Å². The van der Waals surface area contributed by atoms with E-state index in [0.29, 0.717) is 10.7 Å². The van der Waals surface area contributed by atoms with Gasteiger partial charge in [-0.1, -0.05) is 11.6 Å². The van der Waals surface area contributed by atoms with E-state index in [9.17, 15) is 4.39 Å². The Bertz CT molecular complexity index is 726. The van der Waals surface area contributed by atoms with E-state index in [1.165, 1.54) is 6.07 Å². The molecule has 0 heterocycles. The summed E-state index contributed by atoms with van der Waals surface area (Å²) in [5, 5.41) is 12.4. The first-order valence-electron chi connectivity index (χ1n) is 5.54. The molecular formula is C14H8Br2ClFN2. The third-order valence-electron chi connectivity index (χ3n) is 2.72. The van der Waals surface area contributed by atoms with E-state index in [1.54, 1.807) is 12.1 Å². The first kappa shape index (κ1) is 15.3. The number of nitrogens with one attached hydrogen (secondary N) is 1. The summed E-state index contributed by atoms with van der Waals surface area (Å²) in [5.41, 5.74) is 2.08. The third-order valence-corrected chi connectivity index (χ3v) is 4.56. The number of hydrogen-bond acceptors (Lipinski definition) is 2. The van der Waals surface area contributed by atoms with Crippen LogP contribution >= 0.6 is 43.5 Å². The molecule has 0 aliphatic heterocycles. The zero-order chi connectivity index (χ0) is 14.9. The maximum Gasteiger partial charge on any atom is 0.162 e. The molecule has 0 unspecified atom stereocenters. The van der Waals surface area contributed by atoms with Gasteiger partial charge >= 0.3 is 0 Å². The monoisotopic (exact) mass is 416 g/mol. The Hall–Kier alpha value is -1.09. The minimum absolute atomic E-state index is 0.138. The molecule has 2 aromatic rings. The summed E-state index contributed by atoms with van der Waals surface area (Å²) < 4.78 is 15.1. The van der Waals surface area contributed by atoms with Crippen molar-refractivity contribution in [3.63, 3.8) is 0 Å². The van der Waals surface area contributed by atoms with Crippen LogP contribution in [0.1, 0.15) is 11.1 Å². The highest BCUT2D eigenvalue weighted by atomic mass is 79.9. The Morgan fingerprint density at radius 1 is 1.25 bits per heavy atom. The van der Waals surface area contributed by atoms with Crippen LogP contribution in [0, 0.1) is 24.1 Å². The molecule has 0 amide bonds. The molecule has 2 aromatic carbocycles. The van der Waals surface area contributed by atoms with Gasteiger partial charge in [0.2, 0.25) is 0 Å². The lowest BCUT2D eigenvalue weighted by atomic mass is 10.2. The van der Waals surface area contributed by atoms with Crippen molar-refractivity contribution in [1.29, 1.82) is 5.26 Å². The molecule has 0 saturated heterocycles. The van der Waals surface area contributed by atoms with Crippen molar-refractivity contribution in [2.24, 2.45) is 0 Å². The van der Waals surface area contributed by atoms with E-state index in [2.05, 4.69) is 37.2 Å². The molecule has 0 radical (unpaired) electrons. The number of nitrogens with zero attached hydrogens (tertiary/aromatic N) is 1. The quantitative estimate of drug-likeness (QED) is 0.656. The lowest BCUT2D eigenvalue weighted by molar-refractivity contribution is 0.624. The van der Waals surface area contributed by atoms with E-state index in [0.717, 1.165) is 10.0 Å². The van der Waals surface area contributed by atoms with Gasteiger partial charge in [-0.25, -0.2) is 4.39 Å². The van der Waals surface area contributed by atoms with E-state index >= 15 is 0 Å². The summed E-state index contributed by atoms with van der Waals surface area (Å²) in [7, 11) is 0. The van der Waals surface area contributed by atoms with Crippen LogP contribution < -0.4 is 5.32 Å². The number of anilines is 2. The topological polar surface area (TPSA) is 35.8 Å². The molecule has 0 atom stereocenters. The lowest BCUT2D eigenvalue weighted by Crippen LogP contribution is -1.97. The molecule has 0 fully saturated rings. The second-order valence-electron chi connectivity index (χ2n) is 4.11. The first-order chi connectivity index (χ1) is 9.43. The second kappa shape index (κ2) is 6.13.